The summed E-state index contributed by atoms with van der Waals surface area (Å²) in [6.45, 7) is 5.75. The van der Waals surface area contributed by atoms with Crippen LogP contribution in [0, 0.1) is 24.3 Å². The normalized spacial score (nSPS) is 10.4. The lowest BCUT2D eigenvalue weighted by molar-refractivity contribution is -0.118. The van der Waals surface area contributed by atoms with Gasteiger partial charge in [-0.3, -0.25) is 4.79 Å². The topological polar surface area (TPSA) is 38.3 Å². The molecule has 0 radical (unpaired) electrons. The lowest BCUT2D eigenvalue weighted by atomic mass is 10.1. The first-order valence-electron chi connectivity index (χ1n) is 6.82. The van der Waals surface area contributed by atoms with Gasteiger partial charge in [0.1, 0.15) is 5.75 Å². The van der Waals surface area contributed by atoms with E-state index in [4.69, 9.17) is 16.3 Å². The Morgan fingerprint density at radius 1 is 1.14 bits per heavy atom. The van der Waals surface area contributed by atoms with Gasteiger partial charge < -0.3 is 10.1 Å². The predicted molar refractivity (Wildman–Crippen MR) is 98.9 cm³/mol. The van der Waals surface area contributed by atoms with Crippen LogP contribution in [0.5, 0.6) is 5.75 Å². The SMILES string of the molecule is Cc1cc(I)ccc1NC(=O)COc1cc(C)c(Cl)c(C)c1. The van der Waals surface area contributed by atoms with E-state index in [-0.39, 0.29) is 12.5 Å². The van der Waals surface area contributed by atoms with Crippen molar-refractivity contribution in [2.24, 2.45) is 0 Å². The molecule has 0 bridgehead atoms. The summed E-state index contributed by atoms with van der Waals surface area (Å²) >= 11 is 8.35. The van der Waals surface area contributed by atoms with Crippen molar-refractivity contribution >= 4 is 45.8 Å². The fourth-order valence-electron chi connectivity index (χ4n) is 2.09. The lowest BCUT2D eigenvalue weighted by Crippen LogP contribution is -2.20. The second kappa shape index (κ2) is 7.33. The van der Waals surface area contributed by atoms with Gasteiger partial charge >= 0.3 is 0 Å². The Morgan fingerprint density at radius 2 is 1.77 bits per heavy atom. The molecule has 0 aliphatic rings. The van der Waals surface area contributed by atoms with Crippen LogP contribution in [0.3, 0.4) is 0 Å². The fraction of sp³-hybridized carbons (Fsp3) is 0.235. The number of aryl methyl sites for hydroxylation is 3. The van der Waals surface area contributed by atoms with Gasteiger partial charge in [-0.25, -0.2) is 0 Å². The lowest BCUT2D eigenvalue weighted by Gasteiger charge is -2.11. The molecule has 5 heteroatoms. The van der Waals surface area contributed by atoms with Crippen molar-refractivity contribution < 1.29 is 9.53 Å². The van der Waals surface area contributed by atoms with Gasteiger partial charge in [0.05, 0.1) is 0 Å². The van der Waals surface area contributed by atoms with Gasteiger partial charge in [0.2, 0.25) is 0 Å². The molecule has 0 aliphatic carbocycles. The highest BCUT2D eigenvalue weighted by Crippen LogP contribution is 2.26. The van der Waals surface area contributed by atoms with Crippen LogP contribution in [0.2, 0.25) is 5.02 Å². The monoisotopic (exact) mass is 429 g/mol. The Bertz CT molecular complexity index is 693. The molecular formula is C17H17ClINO2. The van der Waals surface area contributed by atoms with Gasteiger partial charge in [0.25, 0.3) is 5.91 Å². The molecule has 0 saturated carbocycles. The molecule has 2 rings (SSSR count). The zero-order chi connectivity index (χ0) is 16.3. The first-order chi connectivity index (χ1) is 10.4. The molecule has 0 heterocycles. The van der Waals surface area contributed by atoms with E-state index >= 15 is 0 Å². The Kier molecular flexibility index (Phi) is 5.69. The average Bonchev–Trinajstić information content (AvgIpc) is 2.45. The van der Waals surface area contributed by atoms with Gasteiger partial charge in [-0.1, -0.05) is 11.6 Å². The Balaban J connectivity index is 1.98. The summed E-state index contributed by atoms with van der Waals surface area (Å²) in [6.07, 6.45) is 0. The number of halogens is 2. The van der Waals surface area contributed by atoms with Gasteiger partial charge in [-0.15, -0.1) is 0 Å². The molecule has 0 spiro atoms. The molecule has 116 valence electrons. The molecule has 0 fully saturated rings. The molecule has 0 aromatic heterocycles. The number of nitrogens with one attached hydrogen (secondary N) is 1. The summed E-state index contributed by atoms with van der Waals surface area (Å²) in [7, 11) is 0. The smallest absolute Gasteiger partial charge is 0.262 e. The van der Waals surface area contributed by atoms with Crippen molar-refractivity contribution in [3.8, 4) is 5.75 Å². The van der Waals surface area contributed by atoms with Crippen LogP contribution in [-0.4, -0.2) is 12.5 Å². The third kappa shape index (κ3) is 4.36. The summed E-state index contributed by atoms with van der Waals surface area (Å²) in [6, 6.07) is 9.53. The average molecular weight is 430 g/mol. The van der Waals surface area contributed by atoms with Gasteiger partial charge in [0.15, 0.2) is 6.61 Å². The van der Waals surface area contributed by atoms with Gasteiger partial charge in [-0.2, -0.15) is 0 Å². The summed E-state index contributed by atoms with van der Waals surface area (Å²) in [5.41, 5.74) is 3.70. The Hall–Kier alpha value is -1.27. The molecule has 2 aromatic carbocycles. The molecule has 3 nitrogen and oxygen atoms in total. The van der Waals surface area contributed by atoms with E-state index in [0.717, 1.165) is 31.0 Å². The molecule has 0 saturated heterocycles. The van der Waals surface area contributed by atoms with E-state index in [1.807, 2.05) is 51.1 Å². The quantitative estimate of drug-likeness (QED) is 0.703. The van der Waals surface area contributed by atoms with Crippen LogP contribution in [0.15, 0.2) is 30.3 Å². The maximum Gasteiger partial charge on any atom is 0.262 e. The van der Waals surface area contributed by atoms with Crippen LogP contribution in [0.1, 0.15) is 16.7 Å². The number of hydrogen-bond acceptors (Lipinski definition) is 2. The number of ether oxygens (including phenoxy) is 1. The molecular weight excluding hydrogens is 413 g/mol. The van der Waals surface area contributed by atoms with Crippen molar-refractivity contribution in [2.45, 2.75) is 20.8 Å². The molecule has 0 unspecified atom stereocenters. The third-order valence-electron chi connectivity index (χ3n) is 3.24. The van der Waals surface area contributed by atoms with E-state index in [0.29, 0.717) is 5.75 Å². The Labute approximate surface area is 149 Å². The van der Waals surface area contributed by atoms with Crippen molar-refractivity contribution in [1.29, 1.82) is 0 Å². The number of rotatable bonds is 4. The highest BCUT2D eigenvalue weighted by Gasteiger charge is 2.08. The molecule has 2 aromatic rings. The number of hydrogen-bond donors (Lipinski definition) is 1. The van der Waals surface area contributed by atoms with Crippen LogP contribution < -0.4 is 10.1 Å². The maximum absolute atomic E-state index is 12.0. The van der Waals surface area contributed by atoms with E-state index in [9.17, 15) is 4.79 Å². The summed E-state index contributed by atoms with van der Waals surface area (Å²) in [5.74, 6) is 0.462. The van der Waals surface area contributed by atoms with Crippen molar-refractivity contribution in [2.75, 3.05) is 11.9 Å². The number of amides is 1. The second-order valence-corrected chi connectivity index (χ2v) is 6.79. The van der Waals surface area contributed by atoms with E-state index in [1.54, 1.807) is 0 Å². The minimum Gasteiger partial charge on any atom is -0.484 e. The van der Waals surface area contributed by atoms with Crippen LogP contribution >= 0.6 is 34.2 Å². The molecule has 22 heavy (non-hydrogen) atoms. The number of carbonyl (C=O) groups is 1. The molecule has 0 atom stereocenters. The second-order valence-electron chi connectivity index (χ2n) is 5.17. The zero-order valence-corrected chi connectivity index (χ0v) is 15.6. The fourth-order valence-corrected chi connectivity index (χ4v) is 2.85. The van der Waals surface area contributed by atoms with Crippen LogP contribution in [0.4, 0.5) is 5.69 Å². The zero-order valence-electron chi connectivity index (χ0n) is 12.7. The summed E-state index contributed by atoms with van der Waals surface area (Å²) in [4.78, 5) is 12.0. The van der Waals surface area contributed by atoms with Crippen molar-refractivity contribution in [3.05, 3.63) is 55.6 Å². The van der Waals surface area contributed by atoms with Crippen molar-refractivity contribution in [3.63, 3.8) is 0 Å². The minimum absolute atomic E-state index is 0.0358. The van der Waals surface area contributed by atoms with E-state index in [2.05, 4.69) is 27.9 Å². The molecule has 0 aliphatic heterocycles. The Morgan fingerprint density at radius 3 is 2.36 bits per heavy atom. The largest absolute Gasteiger partial charge is 0.484 e. The number of benzene rings is 2. The van der Waals surface area contributed by atoms with Crippen LogP contribution in [-0.2, 0) is 4.79 Å². The number of carbonyl (C=O) groups excluding carboxylic acids is 1. The summed E-state index contributed by atoms with van der Waals surface area (Å²) < 4.78 is 6.68. The third-order valence-corrected chi connectivity index (χ3v) is 4.51. The number of anilines is 1. The standard InChI is InChI=1S/C17H17ClINO2/c1-10-6-13(19)4-5-15(10)20-16(21)9-22-14-7-11(2)17(18)12(3)8-14/h4-8H,9H2,1-3H3,(H,20,21). The van der Waals surface area contributed by atoms with Crippen LogP contribution in [0.25, 0.3) is 0 Å². The summed E-state index contributed by atoms with van der Waals surface area (Å²) in [5, 5.41) is 3.58. The van der Waals surface area contributed by atoms with E-state index < -0.39 is 0 Å². The molecule has 1 amide bonds. The van der Waals surface area contributed by atoms with E-state index in [1.165, 1.54) is 0 Å². The maximum atomic E-state index is 12.0. The first kappa shape index (κ1) is 17.1. The van der Waals surface area contributed by atoms with Gasteiger partial charge in [0, 0.05) is 14.3 Å². The van der Waals surface area contributed by atoms with Gasteiger partial charge in [-0.05, 0) is 90.4 Å². The van der Waals surface area contributed by atoms with Crippen molar-refractivity contribution in [1.82, 2.24) is 0 Å². The highest BCUT2D eigenvalue weighted by atomic mass is 127. The first-order valence-corrected chi connectivity index (χ1v) is 8.28. The minimum atomic E-state index is -0.186. The highest BCUT2D eigenvalue weighted by molar-refractivity contribution is 14.1. The predicted octanol–water partition coefficient (Wildman–Crippen LogP) is 4.89. The molecule has 1 N–H and O–H groups in total.